The molecule has 0 bridgehead atoms. The van der Waals surface area contributed by atoms with Gasteiger partial charge in [-0.05, 0) is 6.29 Å². The molecule has 0 fully saturated rings. The van der Waals surface area contributed by atoms with Gasteiger partial charge in [0.1, 0.15) is 0 Å². The second-order valence-corrected chi connectivity index (χ2v) is 0.322. The van der Waals surface area contributed by atoms with Crippen LogP contribution in [-0.4, -0.2) is 6.29 Å². The topological polar surface area (TPSA) is 17.1 Å². The van der Waals surface area contributed by atoms with E-state index in [4.69, 9.17) is 4.79 Å². The van der Waals surface area contributed by atoms with Gasteiger partial charge < -0.3 is 4.79 Å². The summed E-state index contributed by atoms with van der Waals surface area (Å²) in [4.78, 5) is 8.93. The molecular weight excluding hydrogens is 151 g/mol. The molecule has 0 saturated carbocycles. The van der Waals surface area contributed by atoms with Gasteiger partial charge in [-0.25, -0.2) is 12.7 Å². The van der Waals surface area contributed by atoms with Crippen LogP contribution in [0.5, 0.6) is 0 Å². The van der Waals surface area contributed by atoms with Crippen LogP contribution >= 0.6 is 0 Å². The first-order chi connectivity index (χ1) is 1.91. The maximum absolute atomic E-state index is 8.93. The molecule has 0 aromatic heterocycles. The van der Waals surface area contributed by atoms with Gasteiger partial charge in [0, 0.05) is 40.3 Å². The first kappa shape index (κ1) is 15.9. The van der Waals surface area contributed by atoms with Gasteiger partial charge in [-0.3, -0.25) is 0 Å². The predicted octanol–water partition coefficient (Wildman–Crippen LogP) is 0.277. The van der Waals surface area contributed by atoms with Gasteiger partial charge in [0.05, 0.1) is 0 Å². The van der Waals surface area contributed by atoms with Crippen LogP contribution in [0.4, 0.5) is 0 Å². The molecule has 3 heteroatoms. The molecule has 0 aliphatic rings. The number of allylic oxidation sites excluding steroid dienone is 1. The number of carbonyl (C=O) groups excluding carboxylic acids is 1. The van der Waals surface area contributed by atoms with Crippen molar-refractivity contribution in [2.24, 2.45) is 0 Å². The summed E-state index contributed by atoms with van der Waals surface area (Å²) in [6.45, 7) is 3.06. The zero-order chi connectivity index (χ0) is 3.41. The Morgan fingerprint density at radius 2 is 1.83 bits per heavy atom. The zero-order valence-electron chi connectivity index (χ0n) is 3.14. The van der Waals surface area contributed by atoms with Crippen molar-refractivity contribution >= 4 is 6.29 Å². The summed E-state index contributed by atoms with van der Waals surface area (Å²) in [6, 6.07) is 0. The van der Waals surface area contributed by atoms with Crippen LogP contribution in [0.1, 0.15) is 0 Å². The first-order valence-corrected chi connectivity index (χ1v) is 0.901. The fourth-order valence-electron chi connectivity index (χ4n) is 0. The van der Waals surface area contributed by atoms with E-state index in [9.17, 15) is 0 Å². The molecule has 0 atom stereocenters. The van der Waals surface area contributed by atoms with Crippen LogP contribution in [0.3, 0.4) is 0 Å². The SMILES string of the molecule is C=C[C-]=O.[Ti].[V]. The van der Waals surface area contributed by atoms with E-state index in [1.54, 1.807) is 0 Å². The van der Waals surface area contributed by atoms with Crippen molar-refractivity contribution in [3.05, 3.63) is 12.7 Å². The van der Waals surface area contributed by atoms with Crippen molar-refractivity contribution in [3.63, 3.8) is 0 Å². The molecule has 0 aromatic carbocycles. The second kappa shape index (κ2) is 17.3. The summed E-state index contributed by atoms with van der Waals surface area (Å²) in [6.07, 6.45) is 2.51. The van der Waals surface area contributed by atoms with Crippen LogP contribution in [0.2, 0.25) is 0 Å². The molecular formula is C3H3OTiV-. The minimum absolute atomic E-state index is 0. The Kier molecular flexibility index (Phi) is 45.7. The van der Waals surface area contributed by atoms with Crippen molar-refractivity contribution in [1.29, 1.82) is 0 Å². The normalized spacial score (nSPS) is 3.33. The molecule has 1 nitrogen and oxygen atoms in total. The summed E-state index contributed by atoms with van der Waals surface area (Å²) in [5.74, 6) is 0. The molecule has 0 rings (SSSR count). The minimum Gasteiger partial charge on any atom is -0.419 e. The van der Waals surface area contributed by atoms with Gasteiger partial charge in [-0.15, -0.1) is 0 Å². The molecule has 0 spiro atoms. The standard InChI is InChI=1S/C3H3O.Ti.V/c1-2-3-4;;/h2H,1H2;;/q-1;;. The average Bonchev–Trinajstić information content (AvgIpc) is 1.37. The Morgan fingerprint density at radius 3 is 1.83 bits per heavy atom. The Morgan fingerprint density at radius 1 is 1.67 bits per heavy atom. The summed E-state index contributed by atoms with van der Waals surface area (Å²) in [7, 11) is 0. The number of hydrogen-bond acceptors (Lipinski definition) is 1. The zero-order valence-corrected chi connectivity index (χ0v) is 6.10. The molecule has 0 N–H and O–H groups in total. The molecule has 0 aromatic rings. The summed E-state index contributed by atoms with van der Waals surface area (Å²) in [5.41, 5.74) is 0. The van der Waals surface area contributed by atoms with Crippen LogP contribution < -0.4 is 0 Å². The molecule has 6 heavy (non-hydrogen) atoms. The minimum atomic E-state index is 0. The van der Waals surface area contributed by atoms with Gasteiger partial charge in [0.15, 0.2) is 0 Å². The van der Waals surface area contributed by atoms with Crippen molar-refractivity contribution in [2.75, 3.05) is 0 Å². The summed E-state index contributed by atoms with van der Waals surface area (Å²) < 4.78 is 0. The van der Waals surface area contributed by atoms with Gasteiger partial charge >= 0.3 is 0 Å². The van der Waals surface area contributed by atoms with E-state index in [0.29, 0.717) is 0 Å². The van der Waals surface area contributed by atoms with Gasteiger partial charge in [-0.2, -0.15) is 0 Å². The Balaban J connectivity index is -0.0000000450. The van der Waals surface area contributed by atoms with E-state index in [2.05, 4.69) is 6.58 Å². The third-order valence-corrected chi connectivity index (χ3v) is 0.0833. The molecule has 31 valence electrons. The van der Waals surface area contributed by atoms with Crippen LogP contribution in [0, 0.1) is 0 Å². The summed E-state index contributed by atoms with van der Waals surface area (Å²) in [5, 5.41) is 0. The quantitative estimate of drug-likeness (QED) is 0.301. The number of hydrogen-bond donors (Lipinski definition) is 0. The second-order valence-electron chi connectivity index (χ2n) is 0.322. The maximum Gasteiger partial charge on any atom is 0 e. The molecule has 0 aliphatic carbocycles. The smallest absolute Gasteiger partial charge is 0 e. The monoisotopic (exact) mass is 154 g/mol. The Hall–Kier alpha value is 0.709. The fourth-order valence-corrected chi connectivity index (χ4v) is 0. The molecule has 0 unspecified atom stereocenters. The van der Waals surface area contributed by atoms with Gasteiger partial charge in [0.25, 0.3) is 0 Å². The van der Waals surface area contributed by atoms with Crippen molar-refractivity contribution < 1.29 is 45.1 Å². The first-order valence-electron chi connectivity index (χ1n) is 0.901. The molecule has 0 amide bonds. The average molecular weight is 154 g/mol. The largest absolute Gasteiger partial charge is 0.419 e. The van der Waals surface area contributed by atoms with Crippen LogP contribution in [0.25, 0.3) is 0 Å². The summed E-state index contributed by atoms with van der Waals surface area (Å²) >= 11 is 0. The maximum atomic E-state index is 8.93. The van der Waals surface area contributed by atoms with E-state index in [1.165, 1.54) is 6.29 Å². The van der Waals surface area contributed by atoms with Crippen LogP contribution in [-0.2, 0) is 45.1 Å². The Bertz CT molecular complexity index is 31.8. The fraction of sp³-hybridized carbons (Fsp3) is 0. The van der Waals surface area contributed by atoms with Gasteiger partial charge in [0.2, 0.25) is 0 Å². The van der Waals surface area contributed by atoms with E-state index < -0.39 is 0 Å². The molecule has 0 saturated heterocycles. The van der Waals surface area contributed by atoms with Crippen molar-refractivity contribution in [1.82, 2.24) is 0 Å². The van der Waals surface area contributed by atoms with E-state index in [1.807, 2.05) is 0 Å². The molecule has 0 heterocycles. The van der Waals surface area contributed by atoms with Crippen molar-refractivity contribution in [3.8, 4) is 0 Å². The third-order valence-electron chi connectivity index (χ3n) is 0.0833. The Labute approximate surface area is 64.0 Å². The van der Waals surface area contributed by atoms with E-state index in [-0.39, 0.29) is 40.3 Å². The molecule has 1 radical (unpaired) electrons. The van der Waals surface area contributed by atoms with E-state index >= 15 is 0 Å². The third kappa shape index (κ3) is 22.2. The molecule has 0 aliphatic heterocycles. The van der Waals surface area contributed by atoms with Crippen LogP contribution in [0.15, 0.2) is 12.7 Å². The number of rotatable bonds is 1. The van der Waals surface area contributed by atoms with Crippen molar-refractivity contribution in [2.45, 2.75) is 0 Å². The predicted molar refractivity (Wildman–Crippen MR) is 15.9 cm³/mol. The van der Waals surface area contributed by atoms with E-state index in [0.717, 1.165) is 6.08 Å². The van der Waals surface area contributed by atoms with Gasteiger partial charge in [-0.1, -0.05) is 0 Å².